The highest BCUT2D eigenvalue weighted by molar-refractivity contribution is 7.00. The van der Waals surface area contributed by atoms with Gasteiger partial charge in [-0.05, 0) is 176 Å². The Morgan fingerprint density at radius 1 is 0.366 bits per heavy atom. The molecule has 0 unspecified atom stereocenters. The number of allylic oxidation sites excluding steroid dienone is 1. The van der Waals surface area contributed by atoms with Crippen LogP contribution in [0.25, 0.3) is 44.5 Å². The summed E-state index contributed by atoms with van der Waals surface area (Å²) >= 11 is 0. The van der Waals surface area contributed by atoms with Crippen molar-refractivity contribution in [2.24, 2.45) is 5.41 Å². The van der Waals surface area contributed by atoms with Gasteiger partial charge in [0.25, 0.3) is 6.71 Å². The molecule has 4 aliphatic rings. The number of anilines is 6. The van der Waals surface area contributed by atoms with E-state index in [1.165, 1.54) is 66.3 Å². The molecule has 0 radical (unpaired) electrons. The van der Waals surface area contributed by atoms with Crippen LogP contribution in [0.2, 0.25) is 5.82 Å². The number of fused-ring (bicyclic) bond motifs is 6. The summed E-state index contributed by atoms with van der Waals surface area (Å²) in [6.07, 6.45) is 4.30. The largest absolute Gasteiger partial charge is 0.466 e. The molecular weight excluding hydrogens is 1130 g/mol. The fourth-order valence-corrected chi connectivity index (χ4v) is 14.8. The molecule has 6 heteroatoms. The van der Waals surface area contributed by atoms with Crippen LogP contribution in [0.5, 0.6) is 17.2 Å². The van der Waals surface area contributed by atoms with Crippen LogP contribution in [0.3, 0.4) is 0 Å². The van der Waals surface area contributed by atoms with Crippen LogP contribution in [0.1, 0.15) is 152 Å². The summed E-state index contributed by atoms with van der Waals surface area (Å²) in [6, 6.07) is 76.8. The molecule has 93 heavy (non-hydrogen) atoms. The summed E-state index contributed by atoms with van der Waals surface area (Å²) in [6.45, 7) is 41.9. The van der Waals surface area contributed by atoms with Gasteiger partial charge >= 0.3 is 0 Å². The Balaban J connectivity index is 1.15. The molecular formula is C87H90B2N2O2. The van der Waals surface area contributed by atoms with Crippen LogP contribution in [0.4, 0.5) is 34.1 Å². The third-order valence-corrected chi connectivity index (χ3v) is 20.8. The quantitative estimate of drug-likeness (QED) is 0.155. The minimum atomic E-state index is -0.286. The second-order valence-corrected chi connectivity index (χ2v) is 32.9. The van der Waals surface area contributed by atoms with Crippen molar-refractivity contribution in [2.75, 3.05) is 9.80 Å². The third-order valence-electron chi connectivity index (χ3n) is 20.8. The monoisotopic (exact) mass is 1220 g/mol. The van der Waals surface area contributed by atoms with Gasteiger partial charge in [-0.3, -0.25) is 0 Å². The van der Waals surface area contributed by atoms with Crippen LogP contribution in [-0.2, 0) is 27.1 Å². The third kappa shape index (κ3) is 10.8. The van der Waals surface area contributed by atoms with E-state index >= 15 is 0 Å². The maximum absolute atomic E-state index is 7.54. The second-order valence-electron chi connectivity index (χ2n) is 32.9. The Labute approximate surface area is 555 Å². The summed E-state index contributed by atoms with van der Waals surface area (Å²) in [4.78, 5) is 5.25. The lowest BCUT2D eigenvalue weighted by Crippen LogP contribution is -2.62. The molecule has 4 heterocycles. The molecule has 0 N–H and O–H groups in total. The predicted octanol–water partition coefficient (Wildman–Crippen LogP) is 21.0. The van der Waals surface area contributed by atoms with Crippen LogP contribution >= 0.6 is 0 Å². The van der Waals surface area contributed by atoms with Gasteiger partial charge in [-0.15, -0.1) is 0 Å². The highest BCUT2D eigenvalue weighted by Gasteiger charge is 2.50. The summed E-state index contributed by atoms with van der Waals surface area (Å²) in [5.74, 6) is 2.78. The van der Waals surface area contributed by atoms with E-state index in [0.29, 0.717) is 0 Å². The summed E-state index contributed by atoms with van der Waals surface area (Å²) in [7, 11) is 0. The van der Waals surface area contributed by atoms with E-state index in [4.69, 9.17) is 9.47 Å². The van der Waals surface area contributed by atoms with Gasteiger partial charge in [0.2, 0.25) is 6.71 Å². The molecule has 0 bridgehead atoms. The molecule has 0 saturated heterocycles. The molecule has 0 aliphatic carbocycles. The smallest absolute Gasteiger partial charge is 0.256 e. The van der Waals surface area contributed by atoms with Gasteiger partial charge in [0, 0.05) is 39.6 Å². The first kappa shape index (κ1) is 61.8. The number of hydrogen-bond donors (Lipinski definition) is 0. The number of para-hydroxylation sites is 2. The predicted molar refractivity (Wildman–Crippen MR) is 400 cm³/mol. The molecule has 14 rings (SSSR count). The zero-order chi connectivity index (χ0) is 65.6. The maximum atomic E-state index is 7.54. The van der Waals surface area contributed by atoms with Gasteiger partial charge in [0.1, 0.15) is 17.2 Å². The summed E-state index contributed by atoms with van der Waals surface area (Å²) in [5, 5.41) is 0. The van der Waals surface area contributed by atoms with E-state index in [1.807, 2.05) is 6.26 Å². The Hall–Kier alpha value is -8.73. The number of rotatable bonds is 6. The fraction of sp³-hybridized carbons (Fsp3) is 0.287. The van der Waals surface area contributed by atoms with Crippen LogP contribution in [0.15, 0.2) is 213 Å². The first-order chi connectivity index (χ1) is 43.9. The molecule has 0 spiro atoms. The number of ether oxygens (including phenoxy) is 2. The summed E-state index contributed by atoms with van der Waals surface area (Å²) in [5.41, 5.74) is 27.7. The van der Waals surface area contributed by atoms with Gasteiger partial charge in [0.15, 0.2) is 0 Å². The summed E-state index contributed by atoms with van der Waals surface area (Å²) < 4.78 is 14.8. The van der Waals surface area contributed by atoms with E-state index in [1.54, 1.807) is 0 Å². The molecule has 466 valence electrons. The number of benzene rings is 10. The highest BCUT2D eigenvalue weighted by Crippen LogP contribution is 2.54. The lowest BCUT2D eigenvalue weighted by Gasteiger charge is -2.46. The highest BCUT2D eigenvalue weighted by atomic mass is 16.5. The zero-order valence-electron chi connectivity index (χ0n) is 58.2. The number of hydrogen-bond acceptors (Lipinski definition) is 4. The molecule has 4 aliphatic heterocycles. The van der Waals surface area contributed by atoms with E-state index in [2.05, 4.69) is 341 Å². The molecule has 10 aromatic carbocycles. The molecule has 0 fully saturated rings. The molecule has 0 aromatic heterocycles. The first-order valence-electron chi connectivity index (χ1n) is 33.8. The van der Waals surface area contributed by atoms with Crippen molar-refractivity contribution in [3.8, 4) is 61.8 Å². The van der Waals surface area contributed by atoms with Crippen LogP contribution in [0, 0.1) is 5.41 Å². The van der Waals surface area contributed by atoms with E-state index < -0.39 is 0 Å². The standard InChI is InChI=1S/C87H90B2N2O2/c1-54-87(17,18)39-40-92-77-47-59(57-41-62(83(5,6)7)49-63(42-57)84(8,9)10)46-75-79(77)88(54)70-52-71-72(53-73(70)91(75)81-67(55-29-22-19-23-30-55)35-28-36-68(81)56-31-24-20-25-32-56)90(66-33-26-21-27-34-66)74-45-60(58-43-64(85(11,12)13)50-65(44-58)86(14,15)16)48-78-80(74)89(71)69-38-37-61(82(2,3)4)51-76(69)93-78/h19-54H,1-18H3/b40-39+/t54-/m0/s1. The molecule has 4 nitrogen and oxygen atoms in total. The van der Waals surface area contributed by atoms with Crippen molar-refractivity contribution in [1.82, 2.24) is 0 Å². The average Bonchev–Trinajstić information content (AvgIpc) is 0.692. The van der Waals surface area contributed by atoms with Crippen molar-refractivity contribution in [1.29, 1.82) is 0 Å². The first-order valence-corrected chi connectivity index (χ1v) is 33.8. The van der Waals surface area contributed by atoms with Crippen molar-refractivity contribution >= 4 is 74.9 Å². The van der Waals surface area contributed by atoms with E-state index in [9.17, 15) is 0 Å². The minimum absolute atomic E-state index is 0.0839. The Morgan fingerprint density at radius 3 is 1.33 bits per heavy atom. The van der Waals surface area contributed by atoms with Gasteiger partial charge in [-0.25, -0.2) is 0 Å². The van der Waals surface area contributed by atoms with Crippen molar-refractivity contribution in [3.05, 3.63) is 240 Å². The second kappa shape index (κ2) is 21.9. The van der Waals surface area contributed by atoms with Gasteiger partial charge in [0.05, 0.1) is 11.9 Å². The van der Waals surface area contributed by atoms with Crippen molar-refractivity contribution in [2.45, 2.75) is 158 Å². The zero-order valence-corrected chi connectivity index (χ0v) is 58.2. The molecule has 1 atom stereocenters. The Bertz CT molecular complexity index is 4520. The lowest BCUT2D eigenvalue weighted by molar-refractivity contribution is 0.417. The maximum Gasteiger partial charge on any atom is 0.256 e. The van der Waals surface area contributed by atoms with Gasteiger partial charge in [-0.2, -0.15) is 0 Å². The Kier molecular flexibility index (Phi) is 14.6. The molecule has 10 aromatic rings. The Morgan fingerprint density at radius 2 is 0.828 bits per heavy atom. The fourth-order valence-electron chi connectivity index (χ4n) is 14.8. The van der Waals surface area contributed by atoms with Crippen LogP contribution in [-0.4, -0.2) is 13.4 Å². The minimum Gasteiger partial charge on any atom is -0.466 e. The topological polar surface area (TPSA) is 24.9 Å². The van der Waals surface area contributed by atoms with Gasteiger partial charge < -0.3 is 19.3 Å². The van der Waals surface area contributed by atoms with Crippen LogP contribution < -0.4 is 46.6 Å². The molecule has 0 amide bonds. The normalized spacial score (nSPS) is 16.0. The van der Waals surface area contributed by atoms with Crippen molar-refractivity contribution in [3.63, 3.8) is 0 Å². The van der Waals surface area contributed by atoms with E-state index in [-0.39, 0.29) is 51.7 Å². The average molecular weight is 1220 g/mol. The SMILES string of the molecule is C[C@@H]1B2c3cc4c(cc3N(c3c(-c5ccccc5)cccc3-c3ccccc3)c3cc(-c5cc(C(C)(C)C)cc(C(C)(C)C)c5)cc(c32)O/C=C/C1(C)C)N(c1ccccc1)c1cc(-c2cc(C(C)(C)C)cc(C(C)(C)C)c2)cc2c1B4c1ccc(C(C)(C)C)cc1O2. The van der Waals surface area contributed by atoms with E-state index in [0.717, 1.165) is 84.8 Å². The number of nitrogens with zero attached hydrogens (tertiary/aromatic N) is 2. The molecule has 0 saturated carbocycles. The van der Waals surface area contributed by atoms with Gasteiger partial charge in [-0.1, -0.05) is 282 Å². The lowest BCUT2D eigenvalue weighted by atomic mass is 9.27. The van der Waals surface area contributed by atoms with Crippen molar-refractivity contribution < 1.29 is 9.47 Å².